The minimum absolute atomic E-state index is 0.00652. The second-order valence-corrected chi connectivity index (χ2v) is 7.25. The van der Waals surface area contributed by atoms with Crippen molar-refractivity contribution in [3.05, 3.63) is 41.2 Å². The largest absolute Gasteiger partial charge is 0.349 e. The van der Waals surface area contributed by atoms with E-state index in [2.05, 4.69) is 51.3 Å². The summed E-state index contributed by atoms with van der Waals surface area (Å²) in [5, 5.41) is 12.3. The molecule has 1 atom stereocenters. The highest BCUT2D eigenvalue weighted by atomic mass is 32.2. The lowest BCUT2D eigenvalue weighted by Crippen LogP contribution is -2.28. The molecule has 2 aromatic rings. The van der Waals surface area contributed by atoms with Crippen molar-refractivity contribution >= 4 is 17.7 Å². The fraction of sp³-hybridized carbons (Fsp3) is 0.500. The van der Waals surface area contributed by atoms with Gasteiger partial charge in [0.05, 0.1) is 11.8 Å². The Morgan fingerprint density at radius 2 is 2.04 bits per heavy atom. The molecule has 1 fully saturated rings. The molecule has 0 saturated heterocycles. The first-order valence-electron chi connectivity index (χ1n) is 8.51. The molecule has 1 unspecified atom stereocenters. The molecule has 1 saturated carbocycles. The zero-order valence-corrected chi connectivity index (χ0v) is 15.3. The van der Waals surface area contributed by atoms with E-state index in [0.717, 1.165) is 23.0 Å². The van der Waals surface area contributed by atoms with Gasteiger partial charge in [-0.15, -0.1) is 10.2 Å². The lowest BCUT2D eigenvalue weighted by Gasteiger charge is -2.14. The van der Waals surface area contributed by atoms with Gasteiger partial charge in [0.2, 0.25) is 5.91 Å². The zero-order chi connectivity index (χ0) is 17.1. The summed E-state index contributed by atoms with van der Waals surface area (Å²) in [5.74, 6) is 1.32. The van der Waals surface area contributed by atoms with Crippen LogP contribution in [0.1, 0.15) is 55.7 Å². The van der Waals surface area contributed by atoms with Gasteiger partial charge < -0.3 is 9.88 Å². The van der Waals surface area contributed by atoms with E-state index >= 15 is 0 Å². The Labute approximate surface area is 147 Å². The average molecular weight is 344 g/mol. The summed E-state index contributed by atoms with van der Waals surface area (Å²) in [4.78, 5) is 12.2. The molecule has 1 aliphatic rings. The van der Waals surface area contributed by atoms with Crippen LogP contribution in [0.4, 0.5) is 0 Å². The van der Waals surface area contributed by atoms with Crippen molar-refractivity contribution in [3.63, 3.8) is 0 Å². The van der Waals surface area contributed by atoms with Gasteiger partial charge in [-0.25, -0.2) is 0 Å². The van der Waals surface area contributed by atoms with Crippen LogP contribution in [-0.4, -0.2) is 26.4 Å². The number of hydrogen-bond donors (Lipinski definition) is 1. The number of rotatable bonds is 7. The first-order valence-corrected chi connectivity index (χ1v) is 9.49. The van der Waals surface area contributed by atoms with Gasteiger partial charge in [-0.1, -0.05) is 43.0 Å². The number of hydrogen-bond acceptors (Lipinski definition) is 4. The zero-order valence-electron chi connectivity index (χ0n) is 14.5. The topological polar surface area (TPSA) is 59.8 Å². The van der Waals surface area contributed by atoms with E-state index in [4.69, 9.17) is 0 Å². The van der Waals surface area contributed by atoms with Crippen molar-refractivity contribution < 1.29 is 4.79 Å². The predicted molar refractivity (Wildman–Crippen MR) is 96.1 cm³/mol. The maximum atomic E-state index is 12.2. The van der Waals surface area contributed by atoms with Crippen LogP contribution in [0.15, 0.2) is 29.4 Å². The van der Waals surface area contributed by atoms with E-state index in [0.29, 0.717) is 11.8 Å². The molecule has 0 radical (unpaired) electrons. The normalized spacial score (nSPS) is 15.3. The van der Waals surface area contributed by atoms with E-state index in [9.17, 15) is 4.79 Å². The first kappa shape index (κ1) is 17.0. The third-order valence-electron chi connectivity index (χ3n) is 4.34. The summed E-state index contributed by atoms with van der Waals surface area (Å²) in [7, 11) is 0. The summed E-state index contributed by atoms with van der Waals surface area (Å²) in [5.41, 5.74) is 2.44. The number of thioether (sulfide) groups is 1. The van der Waals surface area contributed by atoms with Gasteiger partial charge in [0.25, 0.3) is 0 Å². The van der Waals surface area contributed by atoms with Crippen LogP contribution in [0.25, 0.3) is 0 Å². The van der Waals surface area contributed by atoms with Crippen LogP contribution in [-0.2, 0) is 11.2 Å². The minimum atomic E-state index is 0.00652. The number of nitrogens with one attached hydrogen (secondary N) is 1. The number of aryl methyl sites for hydroxylation is 2. The van der Waals surface area contributed by atoms with Crippen molar-refractivity contribution in [3.8, 4) is 0 Å². The maximum Gasteiger partial charge on any atom is 0.230 e. The van der Waals surface area contributed by atoms with Crippen molar-refractivity contribution in [2.45, 2.75) is 57.3 Å². The molecular weight excluding hydrogens is 320 g/mol. The molecule has 24 heavy (non-hydrogen) atoms. The summed E-state index contributed by atoms with van der Waals surface area (Å²) in [6.45, 7) is 6.12. The monoisotopic (exact) mass is 344 g/mol. The van der Waals surface area contributed by atoms with E-state index in [1.807, 2.05) is 13.8 Å². The SMILES string of the molecule is CCc1ccc(C(C)NC(=O)CSc2nnc(C)n2C2CC2)cc1. The second-order valence-electron chi connectivity index (χ2n) is 6.30. The smallest absolute Gasteiger partial charge is 0.230 e. The van der Waals surface area contributed by atoms with Crippen LogP contribution in [0.2, 0.25) is 0 Å². The quantitative estimate of drug-likeness (QED) is 0.782. The van der Waals surface area contributed by atoms with Crippen molar-refractivity contribution in [1.82, 2.24) is 20.1 Å². The van der Waals surface area contributed by atoms with E-state index in [1.54, 1.807) is 0 Å². The lowest BCUT2D eigenvalue weighted by atomic mass is 10.1. The Kier molecular flexibility index (Phi) is 5.23. The Morgan fingerprint density at radius 3 is 2.67 bits per heavy atom. The fourth-order valence-corrected chi connectivity index (χ4v) is 3.60. The Morgan fingerprint density at radius 1 is 1.33 bits per heavy atom. The van der Waals surface area contributed by atoms with Gasteiger partial charge in [-0.2, -0.15) is 0 Å². The molecule has 1 amide bonds. The average Bonchev–Trinajstić information content (AvgIpc) is 3.35. The van der Waals surface area contributed by atoms with Crippen molar-refractivity contribution in [2.75, 3.05) is 5.75 Å². The van der Waals surface area contributed by atoms with Gasteiger partial charge in [-0.3, -0.25) is 4.79 Å². The standard InChI is InChI=1S/C18H24N4OS/c1-4-14-5-7-15(8-6-14)12(2)19-17(23)11-24-18-21-20-13(3)22(18)16-9-10-16/h5-8,12,16H,4,9-11H2,1-3H3,(H,19,23). The molecule has 3 rings (SSSR count). The number of benzene rings is 1. The Bertz CT molecular complexity index is 706. The molecule has 5 nitrogen and oxygen atoms in total. The molecule has 1 N–H and O–H groups in total. The van der Waals surface area contributed by atoms with E-state index in [1.165, 1.54) is 30.2 Å². The highest BCUT2D eigenvalue weighted by Crippen LogP contribution is 2.38. The molecule has 1 aromatic carbocycles. The third kappa shape index (κ3) is 3.98. The molecule has 1 aliphatic carbocycles. The molecule has 1 aromatic heterocycles. The highest BCUT2D eigenvalue weighted by molar-refractivity contribution is 7.99. The fourth-order valence-electron chi connectivity index (χ4n) is 2.74. The van der Waals surface area contributed by atoms with Crippen molar-refractivity contribution in [2.24, 2.45) is 0 Å². The van der Waals surface area contributed by atoms with Gasteiger partial charge in [0, 0.05) is 6.04 Å². The summed E-state index contributed by atoms with van der Waals surface area (Å²) in [6, 6.07) is 8.95. The Hall–Kier alpha value is -1.82. The first-order chi connectivity index (χ1) is 11.6. The Balaban J connectivity index is 1.53. The highest BCUT2D eigenvalue weighted by Gasteiger charge is 2.28. The molecule has 1 heterocycles. The van der Waals surface area contributed by atoms with Crippen molar-refractivity contribution in [1.29, 1.82) is 0 Å². The van der Waals surface area contributed by atoms with Crippen LogP contribution in [0.5, 0.6) is 0 Å². The molecule has 0 bridgehead atoms. The van der Waals surface area contributed by atoms with Crippen LogP contribution < -0.4 is 5.32 Å². The second kappa shape index (κ2) is 7.38. The molecule has 0 aliphatic heterocycles. The van der Waals surface area contributed by atoms with Gasteiger partial charge >= 0.3 is 0 Å². The summed E-state index contributed by atoms with van der Waals surface area (Å²) in [6.07, 6.45) is 3.39. The number of carbonyl (C=O) groups excluding carboxylic acids is 1. The number of carbonyl (C=O) groups is 1. The molecule has 0 spiro atoms. The third-order valence-corrected chi connectivity index (χ3v) is 5.29. The predicted octanol–water partition coefficient (Wildman–Crippen LogP) is 3.45. The maximum absolute atomic E-state index is 12.2. The number of amides is 1. The summed E-state index contributed by atoms with van der Waals surface area (Å²) >= 11 is 1.46. The van der Waals surface area contributed by atoms with Gasteiger partial charge in [-0.05, 0) is 44.2 Å². The minimum Gasteiger partial charge on any atom is -0.349 e. The molecular formula is C18H24N4OS. The molecule has 6 heteroatoms. The lowest BCUT2D eigenvalue weighted by molar-refractivity contribution is -0.119. The van der Waals surface area contributed by atoms with Gasteiger partial charge in [0.15, 0.2) is 5.16 Å². The van der Waals surface area contributed by atoms with E-state index < -0.39 is 0 Å². The summed E-state index contributed by atoms with van der Waals surface area (Å²) < 4.78 is 2.16. The van der Waals surface area contributed by atoms with Crippen LogP contribution in [0, 0.1) is 6.92 Å². The number of aromatic nitrogens is 3. The van der Waals surface area contributed by atoms with Gasteiger partial charge in [0.1, 0.15) is 5.82 Å². The van der Waals surface area contributed by atoms with Crippen LogP contribution >= 0.6 is 11.8 Å². The molecule has 128 valence electrons. The van der Waals surface area contributed by atoms with Crippen LogP contribution in [0.3, 0.4) is 0 Å². The van der Waals surface area contributed by atoms with E-state index in [-0.39, 0.29) is 11.9 Å². The number of nitrogens with zero attached hydrogens (tertiary/aromatic N) is 3.